The first kappa shape index (κ1) is 22.1. The van der Waals surface area contributed by atoms with Gasteiger partial charge in [0, 0.05) is 23.3 Å². The Labute approximate surface area is 186 Å². The van der Waals surface area contributed by atoms with Crippen molar-refractivity contribution in [3.63, 3.8) is 0 Å². The number of ether oxygens (including phenoxy) is 2. The summed E-state index contributed by atoms with van der Waals surface area (Å²) >= 11 is 0. The average Bonchev–Trinajstić information content (AvgIpc) is 3.37. The van der Waals surface area contributed by atoms with Crippen LogP contribution >= 0.6 is 0 Å². The summed E-state index contributed by atoms with van der Waals surface area (Å²) < 4.78 is 74.3. The van der Waals surface area contributed by atoms with E-state index in [1.807, 2.05) is 4.57 Å². The number of nitrogens with one attached hydrogen (secondary N) is 1. The lowest BCUT2D eigenvalue weighted by Crippen LogP contribution is -2.41. The number of rotatable bonds is 6. The van der Waals surface area contributed by atoms with Crippen molar-refractivity contribution >= 4 is 6.09 Å². The van der Waals surface area contributed by atoms with Gasteiger partial charge in [-0.2, -0.15) is 0 Å². The minimum Gasteiger partial charge on any atom is -0.449 e. The van der Waals surface area contributed by atoms with Crippen LogP contribution in [0.1, 0.15) is 32.1 Å². The molecule has 1 amide bonds. The first-order valence-corrected chi connectivity index (χ1v) is 10.8. The minimum atomic E-state index is -4.64. The van der Waals surface area contributed by atoms with Gasteiger partial charge in [-0.25, -0.2) is 18.6 Å². The third-order valence-electron chi connectivity index (χ3n) is 7.05. The lowest BCUT2D eigenvalue weighted by Gasteiger charge is -2.39. The molecule has 1 N–H and O–H groups in total. The van der Waals surface area contributed by atoms with Crippen LogP contribution in [0.4, 0.5) is 26.7 Å². The van der Waals surface area contributed by atoms with E-state index in [-0.39, 0.29) is 36.9 Å². The van der Waals surface area contributed by atoms with Gasteiger partial charge in [-0.1, -0.05) is 0 Å². The highest BCUT2D eigenvalue weighted by Gasteiger charge is 2.57. The molecular weight excluding hydrogens is 449 g/mol. The van der Waals surface area contributed by atoms with Gasteiger partial charge in [-0.05, 0) is 62.1 Å². The molecule has 4 fully saturated rings. The number of benzene rings is 1. The summed E-state index contributed by atoms with van der Waals surface area (Å²) in [4.78, 5) is 16.5. The van der Waals surface area contributed by atoms with Crippen molar-refractivity contribution in [3.05, 3.63) is 42.4 Å². The van der Waals surface area contributed by atoms with Crippen LogP contribution in [0, 0.1) is 23.5 Å². The standard InChI is InChI=1S/C22H22F5N3O3/c23-16-2-1-13(5-17(16)24)19-9-30(11-28-19)21-6-14(7-21)18(8-21)29-20(31)32-10-12-3-15(4-12)33-22(25,26)27/h1-2,5,9,11-12,14-15,18H,3-4,6-8,10H2,(H,29,31). The van der Waals surface area contributed by atoms with Crippen molar-refractivity contribution in [3.8, 4) is 11.3 Å². The van der Waals surface area contributed by atoms with Crippen LogP contribution in [0.3, 0.4) is 0 Å². The van der Waals surface area contributed by atoms with Crippen LogP contribution in [0.2, 0.25) is 0 Å². The fourth-order valence-corrected chi connectivity index (χ4v) is 5.30. The highest BCUT2D eigenvalue weighted by atomic mass is 19.4. The summed E-state index contributed by atoms with van der Waals surface area (Å²) in [7, 11) is 0. The van der Waals surface area contributed by atoms with E-state index in [9.17, 15) is 26.7 Å². The number of amides is 1. The van der Waals surface area contributed by atoms with E-state index < -0.39 is 30.2 Å². The highest BCUT2D eigenvalue weighted by molar-refractivity contribution is 5.68. The predicted molar refractivity (Wildman–Crippen MR) is 105 cm³/mol. The van der Waals surface area contributed by atoms with E-state index in [1.54, 1.807) is 12.5 Å². The Morgan fingerprint density at radius 1 is 1.18 bits per heavy atom. The number of hydrogen-bond donors (Lipinski definition) is 1. The molecule has 1 atom stereocenters. The molecule has 1 unspecified atom stereocenters. The molecule has 4 saturated carbocycles. The van der Waals surface area contributed by atoms with Gasteiger partial charge < -0.3 is 14.6 Å². The summed E-state index contributed by atoms with van der Waals surface area (Å²) in [5.41, 5.74) is 0.827. The molecule has 11 heteroatoms. The van der Waals surface area contributed by atoms with E-state index in [0.29, 0.717) is 23.6 Å². The first-order chi connectivity index (χ1) is 15.6. The topological polar surface area (TPSA) is 65.4 Å². The normalized spacial score (nSPS) is 30.5. The van der Waals surface area contributed by atoms with Crippen molar-refractivity contribution in [2.45, 2.75) is 56.2 Å². The van der Waals surface area contributed by atoms with Gasteiger partial charge in [-0.3, -0.25) is 4.74 Å². The Hall–Kier alpha value is -2.69. The number of carbonyl (C=O) groups is 1. The highest BCUT2D eigenvalue weighted by Crippen LogP contribution is 2.57. The molecule has 2 aromatic rings. The quantitative estimate of drug-likeness (QED) is 0.618. The lowest BCUT2D eigenvalue weighted by atomic mass is 9.76. The Bertz CT molecular complexity index is 1040. The Balaban J connectivity index is 1.11. The number of alkyl halides is 3. The summed E-state index contributed by atoms with van der Waals surface area (Å²) in [5, 5.41) is 2.87. The van der Waals surface area contributed by atoms with Gasteiger partial charge in [0.1, 0.15) is 0 Å². The van der Waals surface area contributed by atoms with Crippen molar-refractivity contribution in [1.29, 1.82) is 0 Å². The fraction of sp³-hybridized carbons (Fsp3) is 0.545. The average molecular weight is 471 g/mol. The van der Waals surface area contributed by atoms with E-state index in [2.05, 4.69) is 15.0 Å². The Kier molecular flexibility index (Phi) is 5.34. The summed E-state index contributed by atoms with van der Waals surface area (Å²) in [6.45, 7) is 0.0607. The van der Waals surface area contributed by atoms with Crippen LogP contribution in [0.25, 0.3) is 11.3 Å². The van der Waals surface area contributed by atoms with Crippen molar-refractivity contribution in [1.82, 2.24) is 14.9 Å². The molecule has 0 saturated heterocycles. The van der Waals surface area contributed by atoms with E-state index >= 15 is 0 Å². The smallest absolute Gasteiger partial charge is 0.449 e. The molecule has 4 aliphatic rings. The second kappa shape index (κ2) is 7.96. The van der Waals surface area contributed by atoms with Gasteiger partial charge >= 0.3 is 12.5 Å². The van der Waals surface area contributed by atoms with Crippen LogP contribution in [-0.2, 0) is 15.0 Å². The largest absolute Gasteiger partial charge is 0.522 e. The molecule has 1 aromatic heterocycles. The van der Waals surface area contributed by atoms with Gasteiger partial charge in [0.2, 0.25) is 0 Å². The lowest BCUT2D eigenvalue weighted by molar-refractivity contribution is -0.354. The molecule has 6 nitrogen and oxygen atoms in total. The van der Waals surface area contributed by atoms with Gasteiger partial charge in [0.15, 0.2) is 11.6 Å². The number of hydrogen-bond acceptors (Lipinski definition) is 4. The number of aromatic nitrogens is 2. The maximum Gasteiger partial charge on any atom is 0.522 e. The third kappa shape index (κ3) is 4.42. The SMILES string of the molecule is O=C(NC1CC2(n3cnc(-c4ccc(F)c(F)c4)c3)CC1C2)OCC1CC(OC(F)(F)F)C1. The zero-order chi connectivity index (χ0) is 23.4. The summed E-state index contributed by atoms with van der Waals surface area (Å²) in [5.74, 6) is -1.69. The fourth-order valence-electron chi connectivity index (χ4n) is 5.30. The molecule has 1 aromatic carbocycles. The molecule has 0 radical (unpaired) electrons. The van der Waals surface area contributed by atoms with Crippen molar-refractivity contribution in [2.75, 3.05) is 6.61 Å². The third-order valence-corrected chi connectivity index (χ3v) is 7.05. The molecule has 0 aliphatic heterocycles. The van der Waals surface area contributed by atoms with E-state index in [1.165, 1.54) is 6.07 Å². The molecule has 4 aliphatic carbocycles. The number of alkyl carbamates (subject to hydrolysis) is 1. The number of carbonyl (C=O) groups excluding carboxylic acids is 1. The van der Waals surface area contributed by atoms with Crippen molar-refractivity contribution < 1.29 is 36.2 Å². The second-order valence-corrected chi connectivity index (χ2v) is 9.26. The van der Waals surface area contributed by atoms with Gasteiger partial charge in [0.05, 0.1) is 24.7 Å². The van der Waals surface area contributed by atoms with E-state index in [0.717, 1.165) is 25.0 Å². The van der Waals surface area contributed by atoms with Crippen LogP contribution < -0.4 is 5.32 Å². The molecule has 6 rings (SSSR count). The number of fused-ring (bicyclic) bond motifs is 1. The van der Waals surface area contributed by atoms with E-state index in [4.69, 9.17) is 4.74 Å². The molecule has 0 spiro atoms. The maximum atomic E-state index is 13.5. The van der Waals surface area contributed by atoms with Crippen LogP contribution in [-0.4, -0.2) is 40.8 Å². The summed E-state index contributed by atoms with van der Waals surface area (Å²) in [6.07, 6.45) is 0.208. The molecule has 2 bridgehead atoms. The van der Waals surface area contributed by atoms with Crippen LogP contribution in [0.15, 0.2) is 30.7 Å². The van der Waals surface area contributed by atoms with Crippen LogP contribution in [0.5, 0.6) is 0 Å². The Morgan fingerprint density at radius 3 is 2.64 bits per heavy atom. The predicted octanol–water partition coefficient (Wildman–Crippen LogP) is 4.75. The summed E-state index contributed by atoms with van der Waals surface area (Å²) in [6, 6.07) is 3.57. The Morgan fingerprint density at radius 2 is 1.94 bits per heavy atom. The zero-order valence-electron chi connectivity index (χ0n) is 17.4. The zero-order valence-corrected chi connectivity index (χ0v) is 17.4. The van der Waals surface area contributed by atoms with Crippen molar-refractivity contribution in [2.24, 2.45) is 11.8 Å². The maximum absolute atomic E-state index is 13.5. The number of nitrogens with zero attached hydrogens (tertiary/aromatic N) is 2. The van der Waals surface area contributed by atoms with Gasteiger partial charge in [0.25, 0.3) is 0 Å². The molecular formula is C22H22F5N3O3. The number of halogens is 5. The molecule has 1 heterocycles. The number of imidazole rings is 1. The molecule has 178 valence electrons. The second-order valence-electron chi connectivity index (χ2n) is 9.26. The molecule has 33 heavy (non-hydrogen) atoms. The monoisotopic (exact) mass is 471 g/mol. The minimum absolute atomic E-state index is 0.0607. The first-order valence-electron chi connectivity index (χ1n) is 10.8. The van der Waals surface area contributed by atoms with Gasteiger partial charge in [-0.15, -0.1) is 13.2 Å².